The molecule has 0 saturated carbocycles. The molecule has 0 spiro atoms. The fraction of sp³-hybridized carbons (Fsp3) is 0.765. The Morgan fingerprint density at radius 3 is 2.50 bits per heavy atom. The van der Waals surface area contributed by atoms with E-state index in [0.29, 0.717) is 18.7 Å². The number of likely N-dealkylation sites (tertiary alicyclic amines) is 1. The maximum Gasteiger partial charge on any atom is 0.257 e. The predicted octanol–water partition coefficient (Wildman–Crippen LogP) is 2.34. The van der Waals surface area contributed by atoms with E-state index in [1.807, 2.05) is 16.5 Å². The molecule has 6 nitrogen and oxygen atoms in total. The van der Waals surface area contributed by atoms with Crippen LogP contribution in [0.1, 0.15) is 56.1 Å². The van der Waals surface area contributed by atoms with Gasteiger partial charge < -0.3 is 15.4 Å². The zero-order valence-electron chi connectivity index (χ0n) is 15.2. The summed E-state index contributed by atoms with van der Waals surface area (Å²) in [4.78, 5) is 14.7. The van der Waals surface area contributed by atoms with E-state index in [4.69, 9.17) is 10.5 Å². The molecule has 2 heterocycles. The minimum Gasteiger partial charge on any atom is -0.378 e. The molecular weight excluding hydrogens is 328 g/mol. The lowest BCUT2D eigenvalue weighted by atomic mass is 10.1. The maximum atomic E-state index is 12.7. The first-order chi connectivity index (χ1) is 10.8. The Hall–Kier alpha value is -1.11. The molecule has 1 saturated heterocycles. The quantitative estimate of drug-likeness (QED) is 0.820. The summed E-state index contributed by atoms with van der Waals surface area (Å²) in [5.74, 6) is 0.0819. The fourth-order valence-electron chi connectivity index (χ4n) is 3.03. The number of carbonyl (C=O) groups excluding carboxylic acids is 1. The fourth-order valence-corrected chi connectivity index (χ4v) is 3.03. The molecule has 0 atom stereocenters. The van der Waals surface area contributed by atoms with Crippen LogP contribution >= 0.6 is 12.4 Å². The van der Waals surface area contributed by atoms with Crippen LogP contribution in [0, 0.1) is 6.92 Å². The Bertz CT molecular complexity index is 531. The van der Waals surface area contributed by atoms with E-state index in [-0.39, 0.29) is 30.0 Å². The molecule has 2 rings (SSSR count). The number of ether oxygens (including phenoxy) is 1. The van der Waals surface area contributed by atoms with Gasteiger partial charge in [-0.15, -0.1) is 12.4 Å². The molecule has 1 aliphatic heterocycles. The van der Waals surface area contributed by atoms with Gasteiger partial charge >= 0.3 is 0 Å². The van der Waals surface area contributed by atoms with Crippen molar-refractivity contribution in [2.45, 2.75) is 58.6 Å². The monoisotopic (exact) mass is 358 g/mol. The van der Waals surface area contributed by atoms with Gasteiger partial charge in [0.1, 0.15) is 0 Å². The van der Waals surface area contributed by atoms with Crippen molar-refractivity contribution in [1.29, 1.82) is 0 Å². The van der Waals surface area contributed by atoms with Gasteiger partial charge in [0.2, 0.25) is 0 Å². The average molecular weight is 359 g/mol. The van der Waals surface area contributed by atoms with Gasteiger partial charge in [-0.2, -0.15) is 5.10 Å². The van der Waals surface area contributed by atoms with E-state index in [2.05, 4.69) is 25.9 Å². The Morgan fingerprint density at radius 1 is 1.38 bits per heavy atom. The topological polar surface area (TPSA) is 73.4 Å². The minimum atomic E-state index is -0.119. The number of carbonyl (C=O) groups is 1. The lowest BCUT2D eigenvalue weighted by molar-refractivity contribution is 0.00842. The van der Waals surface area contributed by atoms with Crippen LogP contribution in [0.5, 0.6) is 0 Å². The van der Waals surface area contributed by atoms with Crippen molar-refractivity contribution in [3.63, 3.8) is 0 Å². The van der Waals surface area contributed by atoms with E-state index in [1.54, 1.807) is 6.20 Å². The summed E-state index contributed by atoms with van der Waals surface area (Å²) in [7, 11) is 0. The van der Waals surface area contributed by atoms with Crippen LogP contribution in [0.25, 0.3) is 0 Å². The zero-order valence-corrected chi connectivity index (χ0v) is 16.1. The predicted molar refractivity (Wildman–Crippen MR) is 97.8 cm³/mol. The highest BCUT2D eigenvalue weighted by Crippen LogP contribution is 2.21. The van der Waals surface area contributed by atoms with E-state index < -0.39 is 0 Å². The van der Waals surface area contributed by atoms with Gasteiger partial charge in [0, 0.05) is 25.4 Å². The van der Waals surface area contributed by atoms with Crippen LogP contribution in [-0.2, 0) is 10.3 Å². The molecule has 0 radical (unpaired) electrons. The first-order valence-electron chi connectivity index (χ1n) is 8.50. The molecule has 24 heavy (non-hydrogen) atoms. The van der Waals surface area contributed by atoms with Crippen molar-refractivity contribution >= 4 is 18.3 Å². The molecule has 0 bridgehead atoms. The Balaban J connectivity index is 0.00000288. The summed E-state index contributed by atoms with van der Waals surface area (Å²) < 4.78 is 7.71. The lowest BCUT2D eigenvalue weighted by Gasteiger charge is -2.32. The van der Waals surface area contributed by atoms with Crippen molar-refractivity contribution in [3.05, 3.63) is 17.5 Å². The van der Waals surface area contributed by atoms with Crippen molar-refractivity contribution in [1.82, 2.24) is 14.7 Å². The van der Waals surface area contributed by atoms with Crippen molar-refractivity contribution < 1.29 is 9.53 Å². The molecule has 0 aromatic carbocycles. The van der Waals surface area contributed by atoms with Gasteiger partial charge in [0.05, 0.1) is 23.4 Å². The third kappa shape index (κ3) is 4.94. The Kier molecular flexibility index (Phi) is 7.70. The lowest BCUT2D eigenvalue weighted by Crippen LogP contribution is -2.41. The molecule has 7 heteroatoms. The minimum absolute atomic E-state index is 0. The standard InChI is InChI=1S/C17H30N4O2.ClH/c1-13-15(12-19-21(13)17(2,3)4)16(22)20-9-6-14(7-10-20)23-11-5-8-18;/h12,14H,5-11,18H2,1-4H3;1H. The summed E-state index contributed by atoms with van der Waals surface area (Å²) >= 11 is 0. The SMILES string of the molecule is Cc1c(C(=O)N2CCC(OCCCN)CC2)cnn1C(C)(C)C.Cl. The Labute approximate surface area is 151 Å². The van der Waals surface area contributed by atoms with Crippen LogP contribution in [0.4, 0.5) is 0 Å². The number of rotatable bonds is 5. The second-order valence-electron chi connectivity index (χ2n) is 7.23. The van der Waals surface area contributed by atoms with Crippen molar-refractivity contribution in [2.75, 3.05) is 26.2 Å². The van der Waals surface area contributed by atoms with Crippen molar-refractivity contribution in [2.24, 2.45) is 5.73 Å². The third-order valence-corrected chi connectivity index (χ3v) is 4.31. The summed E-state index contributed by atoms with van der Waals surface area (Å²) in [5.41, 5.74) is 7.00. The van der Waals surface area contributed by atoms with Gasteiger partial charge in [0.25, 0.3) is 5.91 Å². The van der Waals surface area contributed by atoms with Crippen LogP contribution in [0.15, 0.2) is 6.20 Å². The van der Waals surface area contributed by atoms with Crippen LogP contribution < -0.4 is 5.73 Å². The van der Waals surface area contributed by atoms with E-state index in [0.717, 1.165) is 38.0 Å². The number of nitrogens with zero attached hydrogens (tertiary/aromatic N) is 3. The van der Waals surface area contributed by atoms with Gasteiger partial charge in [0.15, 0.2) is 0 Å². The van der Waals surface area contributed by atoms with Gasteiger partial charge in [-0.05, 0) is 53.5 Å². The second-order valence-corrected chi connectivity index (χ2v) is 7.23. The summed E-state index contributed by atoms with van der Waals surface area (Å²) in [6.07, 6.45) is 4.63. The molecule has 1 aromatic heterocycles. The molecule has 1 aromatic rings. The zero-order chi connectivity index (χ0) is 17.0. The number of hydrogen-bond acceptors (Lipinski definition) is 4. The molecular formula is C17H31ClN4O2. The highest BCUT2D eigenvalue weighted by Gasteiger charge is 2.27. The molecule has 1 amide bonds. The summed E-state index contributed by atoms with van der Waals surface area (Å²) in [6.45, 7) is 11.1. The molecule has 1 aliphatic rings. The molecule has 138 valence electrons. The van der Waals surface area contributed by atoms with E-state index in [1.165, 1.54) is 0 Å². The summed E-state index contributed by atoms with van der Waals surface area (Å²) in [5, 5.41) is 4.40. The third-order valence-electron chi connectivity index (χ3n) is 4.31. The number of aromatic nitrogens is 2. The molecule has 0 unspecified atom stereocenters. The average Bonchev–Trinajstić information content (AvgIpc) is 2.89. The van der Waals surface area contributed by atoms with Gasteiger partial charge in [-0.25, -0.2) is 0 Å². The largest absolute Gasteiger partial charge is 0.378 e. The Morgan fingerprint density at radius 2 is 2.00 bits per heavy atom. The van der Waals surface area contributed by atoms with E-state index >= 15 is 0 Å². The van der Waals surface area contributed by atoms with E-state index in [9.17, 15) is 4.79 Å². The van der Waals surface area contributed by atoms with Gasteiger partial charge in [-0.1, -0.05) is 0 Å². The number of nitrogens with two attached hydrogens (primary N) is 1. The van der Waals surface area contributed by atoms with Crippen LogP contribution in [0.3, 0.4) is 0 Å². The maximum absolute atomic E-state index is 12.7. The van der Waals surface area contributed by atoms with Gasteiger partial charge in [-0.3, -0.25) is 9.48 Å². The molecule has 1 fully saturated rings. The van der Waals surface area contributed by atoms with Crippen LogP contribution in [-0.4, -0.2) is 52.9 Å². The number of halogens is 1. The first-order valence-corrected chi connectivity index (χ1v) is 8.50. The first kappa shape index (κ1) is 20.9. The number of piperidine rings is 1. The van der Waals surface area contributed by atoms with Crippen molar-refractivity contribution in [3.8, 4) is 0 Å². The highest BCUT2D eigenvalue weighted by atomic mass is 35.5. The highest BCUT2D eigenvalue weighted by molar-refractivity contribution is 5.95. The summed E-state index contributed by atoms with van der Waals surface area (Å²) in [6, 6.07) is 0. The smallest absolute Gasteiger partial charge is 0.257 e. The number of hydrogen-bond donors (Lipinski definition) is 1. The normalized spacial score (nSPS) is 16.1. The molecule has 0 aliphatic carbocycles. The number of amides is 1. The molecule has 2 N–H and O–H groups in total. The van der Waals surface area contributed by atoms with Crippen LogP contribution in [0.2, 0.25) is 0 Å². The second kappa shape index (κ2) is 8.83.